The molecule has 0 saturated carbocycles. The standard InChI is InChI=1S/C16H26N2/c1-13-9-14(10-17)5-6-15(13)11-18-8-4-7-16(2,3)12-18/h5-6,9H,4,7-8,10-12,17H2,1-3H3. The number of benzene rings is 1. The van der Waals surface area contributed by atoms with Crippen LogP contribution >= 0.6 is 0 Å². The number of hydrogen-bond acceptors (Lipinski definition) is 2. The van der Waals surface area contributed by atoms with E-state index >= 15 is 0 Å². The zero-order chi connectivity index (χ0) is 13.2. The van der Waals surface area contributed by atoms with Gasteiger partial charge in [0, 0.05) is 19.6 Å². The van der Waals surface area contributed by atoms with Gasteiger partial charge < -0.3 is 5.73 Å². The Balaban J connectivity index is 2.05. The third-order valence-corrected chi connectivity index (χ3v) is 4.02. The van der Waals surface area contributed by atoms with Crippen LogP contribution in [-0.4, -0.2) is 18.0 Å². The monoisotopic (exact) mass is 246 g/mol. The van der Waals surface area contributed by atoms with Crippen molar-refractivity contribution in [2.75, 3.05) is 13.1 Å². The average Bonchev–Trinajstić information content (AvgIpc) is 2.30. The van der Waals surface area contributed by atoms with Gasteiger partial charge in [-0.15, -0.1) is 0 Å². The smallest absolute Gasteiger partial charge is 0.0236 e. The molecule has 1 aliphatic rings. The first-order valence-electron chi connectivity index (χ1n) is 7.01. The van der Waals surface area contributed by atoms with Crippen LogP contribution in [0.5, 0.6) is 0 Å². The summed E-state index contributed by atoms with van der Waals surface area (Å²) in [6.45, 7) is 11.1. The molecule has 2 N–H and O–H groups in total. The molecule has 0 amide bonds. The second-order valence-corrected chi connectivity index (χ2v) is 6.44. The van der Waals surface area contributed by atoms with E-state index < -0.39 is 0 Å². The van der Waals surface area contributed by atoms with Crippen molar-refractivity contribution in [3.63, 3.8) is 0 Å². The van der Waals surface area contributed by atoms with Crippen LogP contribution in [0.25, 0.3) is 0 Å². The number of hydrogen-bond donors (Lipinski definition) is 1. The Morgan fingerprint density at radius 2 is 2.11 bits per heavy atom. The number of likely N-dealkylation sites (tertiary alicyclic amines) is 1. The van der Waals surface area contributed by atoms with E-state index in [4.69, 9.17) is 5.73 Å². The lowest BCUT2D eigenvalue weighted by molar-refractivity contribution is 0.111. The lowest BCUT2D eigenvalue weighted by atomic mass is 9.84. The van der Waals surface area contributed by atoms with Gasteiger partial charge in [-0.3, -0.25) is 4.90 Å². The Morgan fingerprint density at radius 1 is 1.33 bits per heavy atom. The third-order valence-electron chi connectivity index (χ3n) is 4.02. The van der Waals surface area contributed by atoms with Gasteiger partial charge in [-0.2, -0.15) is 0 Å². The molecule has 100 valence electrons. The van der Waals surface area contributed by atoms with Crippen LogP contribution in [-0.2, 0) is 13.1 Å². The number of nitrogens with zero attached hydrogens (tertiary/aromatic N) is 1. The summed E-state index contributed by atoms with van der Waals surface area (Å²) in [6, 6.07) is 6.64. The summed E-state index contributed by atoms with van der Waals surface area (Å²) in [5, 5.41) is 0. The van der Waals surface area contributed by atoms with Crippen LogP contribution in [0.2, 0.25) is 0 Å². The van der Waals surface area contributed by atoms with Gasteiger partial charge in [-0.05, 0) is 48.4 Å². The first-order chi connectivity index (χ1) is 8.50. The lowest BCUT2D eigenvalue weighted by Crippen LogP contribution is -2.39. The summed E-state index contributed by atoms with van der Waals surface area (Å²) in [4.78, 5) is 2.59. The average molecular weight is 246 g/mol. The predicted molar refractivity (Wildman–Crippen MR) is 77.4 cm³/mol. The molecule has 2 nitrogen and oxygen atoms in total. The fourth-order valence-electron chi connectivity index (χ4n) is 2.98. The van der Waals surface area contributed by atoms with Crippen molar-refractivity contribution in [1.29, 1.82) is 0 Å². The second-order valence-electron chi connectivity index (χ2n) is 6.44. The van der Waals surface area contributed by atoms with Crippen LogP contribution < -0.4 is 5.73 Å². The van der Waals surface area contributed by atoms with Gasteiger partial charge in [0.05, 0.1) is 0 Å². The van der Waals surface area contributed by atoms with Gasteiger partial charge in [-0.1, -0.05) is 32.0 Å². The highest BCUT2D eigenvalue weighted by Crippen LogP contribution is 2.29. The molecule has 1 heterocycles. The van der Waals surface area contributed by atoms with Gasteiger partial charge >= 0.3 is 0 Å². The molecular formula is C16H26N2. The maximum Gasteiger partial charge on any atom is 0.0236 e. The van der Waals surface area contributed by atoms with E-state index in [0.717, 1.165) is 6.54 Å². The van der Waals surface area contributed by atoms with Crippen molar-refractivity contribution in [1.82, 2.24) is 4.90 Å². The van der Waals surface area contributed by atoms with Gasteiger partial charge in [0.25, 0.3) is 0 Å². The quantitative estimate of drug-likeness (QED) is 0.888. The molecule has 0 radical (unpaired) electrons. The zero-order valence-corrected chi connectivity index (χ0v) is 12.0. The maximum absolute atomic E-state index is 5.68. The molecule has 1 fully saturated rings. The van der Waals surface area contributed by atoms with Crippen molar-refractivity contribution >= 4 is 0 Å². The van der Waals surface area contributed by atoms with Gasteiger partial charge in [0.2, 0.25) is 0 Å². The summed E-state index contributed by atoms with van der Waals surface area (Å²) in [5.74, 6) is 0. The predicted octanol–water partition coefficient (Wildman–Crippen LogP) is 3.08. The number of aryl methyl sites for hydroxylation is 1. The summed E-state index contributed by atoms with van der Waals surface area (Å²) < 4.78 is 0. The molecule has 2 rings (SSSR count). The third kappa shape index (κ3) is 3.33. The lowest BCUT2D eigenvalue weighted by Gasteiger charge is -2.38. The van der Waals surface area contributed by atoms with Crippen LogP contribution in [0, 0.1) is 12.3 Å². The Labute approximate surface area is 111 Å². The fourth-order valence-corrected chi connectivity index (χ4v) is 2.98. The normalized spacial score (nSPS) is 20.0. The van der Waals surface area contributed by atoms with Gasteiger partial charge in [0.1, 0.15) is 0 Å². The minimum atomic E-state index is 0.476. The largest absolute Gasteiger partial charge is 0.326 e. The van der Waals surface area contributed by atoms with Crippen LogP contribution in [0.1, 0.15) is 43.4 Å². The van der Waals surface area contributed by atoms with E-state index in [1.54, 1.807) is 0 Å². The highest BCUT2D eigenvalue weighted by Gasteiger charge is 2.26. The van der Waals surface area contributed by atoms with Crippen LogP contribution in [0.4, 0.5) is 0 Å². The molecule has 1 saturated heterocycles. The topological polar surface area (TPSA) is 29.3 Å². The molecule has 18 heavy (non-hydrogen) atoms. The van der Waals surface area contributed by atoms with E-state index in [1.165, 1.54) is 42.6 Å². The van der Waals surface area contributed by atoms with Crippen molar-refractivity contribution in [3.05, 3.63) is 34.9 Å². The first kappa shape index (κ1) is 13.6. The Morgan fingerprint density at radius 3 is 2.72 bits per heavy atom. The molecule has 2 heteroatoms. The Hall–Kier alpha value is -0.860. The van der Waals surface area contributed by atoms with Crippen molar-refractivity contribution in [2.45, 2.75) is 46.7 Å². The van der Waals surface area contributed by atoms with Crippen molar-refractivity contribution in [2.24, 2.45) is 11.1 Å². The van der Waals surface area contributed by atoms with Gasteiger partial charge in [-0.25, -0.2) is 0 Å². The summed E-state index contributed by atoms with van der Waals surface area (Å²) in [7, 11) is 0. The zero-order valence-electron chi connectivity index (χ0n) is 12.0. The molecule has 0 unspecified atom stereocenters. The highest BCUT2D eigenvalue weighted by atomic mass is 15.1. The first-order valence-corrected chi connectivity index (χ1v) is 7.01. The number of nitrogens with two attached hydrogens (primary N) is 1. The fraction of sp³-hybridized carbons (Fsp3) is 0.625. The maximum atomic E-state index is 5.68. The summed E-state index contributed by atoms with van der Waals surface area (Å²) >= 11 is 0. The van der Waals surface area contributed by atoms with E-state index in [9.17, 15) is 0 Å². The number of rotatable bonds is 3. The van der Waals surface area contributed by atoms with E-state index in [-0.39, 0.29) is 0 Å². The van der Waals surface area contributed by atoms with Crippen LogP contribution in [0.15, 0.2) is 18.2 Å². The molecule has 1 aromatic carbocycles. The SMILES string of the molecule is Cc1cc(CN)ccc1CN1CCCC(C)(C)C1. The van der Waals surface area contributed by atoms with Gasteiger partial charge in [0.15, 0.2) is 0 Å². The number of piperidine rings is 1. The molecule has 1 aliphatic heterocycles. The Bertz CT molecular complexity index is 410. The molecular weight excluding hydrogens is 220 g/mol. The summed E-state index contributed by atoms with van der Waals surface area (Å²) in [6.07, 6.45) is 2.68. The molecule has 0 aliphatic carbocycles. The molecule has 0 spiro atoms. The molecule has 1 aromatic rings. The van der Waals surface area contributed by atoms with E-state index in [2.05, 4.69) is 43.9 Å². The minimum absolute atomic E-state index is 0.476. The minimum Gasteiger partial charge on any atom is -0.326 e. The van der Waals surface area contributed by atoms with E-state index in [1.807, 2.05) is 0 Å². The van der Waals surface area contributed by atoms with E-state index in [0.29, 0.717) is 12.0 Å². The second kappa shape index (κ2) is 5.41. The molecule has 0 bridgehead atoms. The van der Waals surface area contributed by atoms with Crippen molar-refractivity contribution < 1.29 is 0 Å². The van der Waals surface area contributed by atoms with Crippen molar-refractivity contribution in [3.8, 4) is 0 Å². The van der Waals surface area contributed by atoms with Crippen LogP contribution in [0.3, 0.4) is 0 Å². The Kier molecular flexibility index (Phi) is 4.08. The molecule has 0 atom stereocenters. The summed E-state index contributed by atoms with van der Waals surface area (Å²) in [5.41, 5.74) is 10.2. The molecule has 0 aromatic heterocycles. The highest BCUT2D eigenvalue weighted by molar-refractivity contribution is 5.31.